The molecule has 0 unspecified atom stereocenters. The topological polar surface area (TPSA) is 109 Å². The fraction of sp³-hybridized carbons (Fsp3) is 0.0833. The highest BCUT2D eigenvalue weighted by Gasteiger charge is 2.21. The van der Waals surface area contributed by atoms with Gasteiger partial charge in [0.2, 0.25) is 0 Å². The third kappa shape index (κ3) is 3.29. The van der Waals surface area contributed by atoms with Crippen LogP contribution in [0.3, 0.4) is 0 Å². The number of benzene rings is 1. The van der Waals surface area contributed by atoms with Gasteiger partial charge in [-0.05, 0) is 24.6 Å². The maximum absolute atomic E-state index is 12.3. The molecule has 21 heavy (non-hydrogen) atoms. The van der Waals surface area contributed by atoms with Crippen molar-refractivity contribution in [2.24, 2.45) is 0 Å². The Morgan fingerprint density at radius 2 is 2.05 bits per heavy atom. The predicted molar refractivity (Wildman–Crippen MR) is 76.0 cm³/mol. The zero-order valence-corrected chi connectivity index (χ0v) is 12.3. The van der Waals surface area contributed by atoms with Gasteiger partial charge in [0.25, 0.3) is 10.0 Å². The van der Waals surface area contributed by atoms with E-state index in [9.17, 15) is 13.2 Å². The lowest BCUT2D eigenvalue weighted by molar-refractivity contribution is 0.0696. The van der Waals surface area contributed by atoms with Crippen molar-refractivity contribution in [3.8, 4) is 0 Å². The van der Waals surface area contributed by atoms with E-state index in [0.717, 1.165) is 6.33 Å². The molecule has 1 aromatic carbocycles. The number of hydrogen-bond donors (Lipinski definition) is 2. The smallest absolute Gasteiger partial charge is 0.335 e. The summed E-state index contributed by atoms with van der Waals surface area (Å²) in [4.78, 5) is 18.3. The predicted octanol–water partition coefficient (Wildman–Crippen LogP) is 1.94. The van der Waals surface area contributed by atoms with Gasteiger partial charge in [-0.15, -0.1) is 0 Å². The number of carboxylic acids is 1. The molecule has 0 bridgehead atoms. The van der Waals surface area contributed by atoms with Crippen molar-refractivity contribution in [1.29, 1.82) is 0 Å². The first-order chi connectivity index (χ1) is 9.81. The first kappa shape index (κ1) is 15.2. The molecule has 2 N–H and O–H groups in total. The van der Waals surface area contributed by atoms with Gasteiger partial charge >= 0.3 is 5.97 Å². The number of hydrogen-bond acceptors (Lipinski definition) is 5. The molecule has 1 heterocycles. The van der Waals surface area contributed by atoms with Crippen molar-refractivity contribution in [3.63, 3.8) is 0 Å². The number of carbonyl (C=O) groups is 1. The molecule has 7 nitrogen and oxygen atoms in total. The minimum atomic E-state index is -3.98. The van der Waals surface area contributed by atoms with E-state index >= 15 is 0 Å². The van der Waals surface area contributed by atoms with Crippen LogP contribution in [0.1, 0.15) is 15.9 Å². The summed E-state index contributed by atoms with van der Waals surface area (Å²) in [6.07, 6.45) is 1.11. The largest absolute Gasteiger partial charge is 0.478 e. The van der Waals surface area contributed by atoms with Crippen LogP contribution >= 0.6 is 11.6 Å². The second kappa shape index (κ2) is 5.66. The molecule has 0 aliphatic rings. The zero-order chi connectivity index (χ0) is 15.6. The van der Waals surface area contributed by atoms with Crippen LogP contribution in [-0.4, -0.2) is 29.5 Å². The molecule has 0 amide bonds. The quantitative estimate of drug-likeness (QED) is 0.830. The van der Waals surface area contributed by atoms with Gasteiger partial charge in [-0.1, -0.05) is 17.7 Å². The Hall–Kier alpha value is -2.19. The fourth-order valence-electron chi connectivity index (χ4n) is 1.72. The van der Waals surface area contributed by atoms with Crippen molar-refractivity contribution in [3.05, 3.63) is 46.9 Å². The summed E-state index contributed by atoms with van der Waals surface area (Å²) in [6.45, 7) is 1.42. The molecule has 0 fully saturated rings. The maximum atomic E-state index is 12.3. The average Bonchev–Trinajstić information content (AvgIpc) is 2.37. The van der Waals surface area contributed by atoms with Gasteiger partial charge in [0.05, 0.1) is 10.5 Å². The monoisotopic (exact) mass is 327 g/mol. The van der Waals surface area contributed by atoms with Gasteiger partial charge in [0.15, 0.2) is 0 Å². The molecule has 2 rings (SSSR count). The molecule has 2 aromatic rings. The van der Waals surface area contributed by atoms with E-state index in [1.54, 1.807) is 0 Å². The minimum absolute atomic E-state index is 0.00451. The standard InChI is InChI=1S/C12H10ClN3O4S/c1-7-8(12(17)18)3-2-4-9(7)21(19,20)16-11-5-10(13)14-6-15-11/h2-6H,1H3,(H,17,18)(H,14,15,16). The molecule has 0 radical (unpaired) electrons. The first-order valence-corrected chi connectivity index (χ1v) is 7.50. The number of rotatable bonds is 4. The van der Waals surface area contributed by atoms with Gasteiger partial charge in [-0.3, -0.25) is 4.72 Å². The van der Waals surface area contributed by atoms with E-state index in [2.05, 4.69) is 14.7 Å². The van der Waals surface area contributed by atoms with E-state index in [-0.39, 0.29) is 27.0 Å². The molecule has 0 aliphatic heterocycles. The van der Waals surface area contributed by atoms with Crippen molar-refractivity contribution in [2.75, 3.05) is 4.72 Å². The first-order valence-electron chi connectivity index (χ1n) is 5.64. The Morgan fingerprint density at radius 3 is 2.67 bits per heavy atom. The Labute approximate surface area is 125 Å². The van der Waals surface area contributed by atoms with E-state index in [1.807, 2.05) is 0 Å². The van der Waals surface area contributed by atoms with Crippen molar-refractivity contribution >= 4 is 33.4 Å². The van der Waals surface area contributed by atoms with Gasteiger partial charge in [0, 0.05) is 6.07 Å². The van der Waals surface area contributed by atoms with Crippen LogP contribution in [0.25, 0.3) is 0 Å². The molecule has 0 saturated carbocycles. The normalized spacial score (nSPS) is 11.1. The van der Waals surface area contributed by atoms with Gasteiger partial charge in [0.1, 0.15) is 17.3 Å². The molecule has 9 heteroatoms. The van der Waals surface area contributed by atoms with E-state index < -0.39 is 16.0 Å². The highest BCUT2D eigenvalue weighted by Crippen LogP contribution is 2.21. The average molecular weight is 328 g/mol. The molecule has 0 atom stereocenters. The number of nitrogens with one attached hydrogen (secondary N) is 1. The Kier molecular flexibility index (Phi) is 4.10. The van der Waals surface area contributed by atoms with Crippen LogP contribution < -0.4 is 4.72 Å². The number of sulfonamides is 1. The number of anilines is 1. The Morgan fingerprint density at radius 1 is 1.33 bits per heavy atom. The number of aromatic nitrogens is 2. The van der Waals surface area contributed by atoms with Crippen molar-refractivity contribution < 1.29 is 18.3 Å². The maximum Gasteiger partial charge on any atom is 0.335 e. The summed E-state index contributed by atoms with van der Waals surface area (Å²) < 4.78 is 26.8. The summed E-state index contributed by atoms with van der Waals surface area (Å²) in [5, 5.41) is 9.11. The van der Waals surface area contributed by atoms with Gasteiger partial charge in [-0.2, -0.15) is 0 Å². The molecule has 0 saturated heterocycles. The summed E-state index contributed by atoms with van der Waals surface area (Å²) in [7, 11) is -3.98. The van der Waals surface area contributed by atoms with Crippen LogP contribution in [0.5, 0.6) is 0 Å². The molecular formula is C12H10ClN3O4S. The lowest BCUT2D eigenvalue weighted by atomic mass is 10.1. The minimum Gasteiger partial charge on any atom is -0.478 e. The third-order valence-corrected chi connectivity index (χ3v) is 4.38. The Bertz CT molecular complexity index is 808. The van der Waals surface area contributed by atoms with E-state index in [1.165, 1.54) is 31.2 Å². The molecule has 0 spiro atoms. The third-order valence-electron chi connectivity index (χ3n) is 2.68. The fourth-order valence-corrected chi connectivity index (χ4v) is 3.13. The van der Waals surface area contributed by atoms with Crippen molar-refractivity contribution in [1.82, 2.24) is 9.97 Å². The van der Waals surface area contributed by atoms with E-state index in [0.29, 0.717) is 0 Å². The molecule has 110 valence electrons. The Balaban J connectivity index is 2.45. The number of nitrogens with zero attached hydrogens (tertiary/aromatic N) is 2. The van der Waals surface area contributed by atoms with Crippen molar-refractivity contribution in [2.45, 2.75) is 11.8 Å². The van der Waals surface area contributed by atoms with Crippen LogP contribution in [0.2, 0.25) is 5.15 Å². The summed E-state index contributed by atoms with van der Waals surface area (Å²) in [6, 6.07) is 5.25. The second-order valence-corrected chi connectivity index (χ2v) is 6.10. The van der Waals surface area contributed by atoms with Crippen LogP contribution in [-0.2, 0) is 10.0 Å². The zero-order valence-electron chi connectivity index (χ0n) is 10.7. The molecule has 1 aromatic heterocycles. The van der Waals surface area contributed by atoms with E-state index in [4.69, 9.17) is 16.7 Å². The molecule has 0 aliphatic carbocycles. The van der Waals surface area contributed by atoms with Crippen LogP contribution in [0.15, 0.2) is 35.5 Å². The highest BCUT2D eigenvalue weighted by molar-refractivity contribution is 7.92. The summed E-state index contributed by atoms with van der Waals surface area (Å²) in [5.74, 6) is -1.20. The van der Waals surface area contributed by atoms with Gasteiger partial charge < -0.3 is 5.11 Å². The number of aromatic carboxylic acids is 1. The molecular weight excluding hydrogens is 318 g/mol. The SMILES string of the molecule is Cc1c(C(=O)O)cccc1S(=O)(=O)Nc1cc(Cl)ncn1. The number of carboxylic acid groups (broad SMARTS) is 1. The lowest BCUT2D eigenvalue weighted by Gasteiger charge is -2.11. The second-order valence-electron chi connectivity index (χ2n) is 4.07. The van der Waals surface area contributed by atoms with Crippen LogP contribution in [0, 0.1) is 6.92 Å². The van der Waals surface area contributed by atoms with Crippen LogP contribution in [0.4, 0.5) is 5.82 Å². The summed E-state index contributed by atoms with van der Waals surface area (Å²) in [5.41, 5.74) is 0.0521. The van der Waals surface area contributed by atoms with Gasteiger partial charge in [-0.25, -0.2) is 23.2 Å². The highest BCUT2D eigenvalue weighted by atomic mass is 35.5. The number of halogens is 1. The lowest BCUT2D eigenvalue weighted by Crippen LogP contribution is -2.16. The summed E-state index contributed by atoms with van der Waals surface area (Å²) >= 11 is 5.65.